The molecule has 0 fully saturated rings. The predicted octanol–water partition coefficient (Wildman–Crippen LogP) is -0.270. The van der Waals surface area contributed by atoms with Crippen molar-refractivity contribution >= 4 is 5.91 Å². The van der Waals surface area contributed by atoms with E-state index in [0.29, 0.717) is 24.4 Å². The van der Waals surface area contributed by atoms with E-state index in [-0.39, 0.29) is 11.5 Å². The van der Waals surface area contributed by atoms with E-state index >= 15 is 0 Å². The molecule has 0 bridgehead atoms. The molecule has 0 atom stereocenters. The Morgan fingerprint density at radius 1 is 1.53 bits per heavy atom. The summed E-state index contributed by atoms with van der Waals surface area (Å²) < 4.78 is 4.55. The van der Waals surface area contributed by atoms with Crippen LogP contribution in [-0.4, -0.2) is 27.6 Å². The lowest BCUT2D eigenvalue weighted by Gasteiger charge is -2.02. The molecular formula is C10H10N4O3. The van der Waals surface area contributed by atoms with E-state index in [0.717, 1.165) is 0 Å². The first kappa shape index (κ1) is 11.1. The number of carbonyl (C=O) groups is 1. The van der Waals surface area contributed by atoms with Gasteiger partial charge in [-0.2, -0.15) is 4.98 Å². The topological polar surface area (TPSA) is 101 Å². The van der Waals surface area contributed by atoms with Gasteiger partial charge in [0.05, 0.1) is 0 Å². The Hall–Kier alpha value is -2.44. The number of amides is 1. The molecule has 0 saturated carbocycles. The number of aromatic amines is 1. The molecule has 7 nitrogen and oxygen atoms in total. The molecule has 2 N–H and O–H groups in total. The molecule has 0 aliphatic rings. The average molecular weight is 234 g/mol. The van der Waals surface area contributed by atoms with Crippen molar-refractivity contribution in [3.8, 4) is 0 Å². The lowest BCUT2D eigenvalue weighted by molar-refractivity contribution is 0.0953. The summed E-state index contributed by atoms with van der Waals surface area (Å²) in [7, 11) is 0. The van der Waals surface area contributed by atoms with Crippen molar-refractivity contribution in [2.45, 2.75) is 6.42 Å². The maximum absolute atomic E-state index is 11.6. The van der Waals surface area contributed by atoms with Crippen LogP contribution >= 0.6 is 0 Å². The van der Waals surface area contributed by atoms with Crippen LogP contribution in [-0.2, 0) is 6.42 Å². The molecule has 88 valence electrons. The zero-order valence-electron chi connectivity index (χ0n) is 8.84. The number of pyridine rings is 1. The minimum absolute atomic E-state index is 0.306. The summed E-state index contributed by atoms with van der Waals surface area (Å²) in [5.41, 5.74) is 0.0117. The third-order valence-electron chi connectivity index (χ3n) is 2.08. The van der Waals surface area contributed by atoms with Crippen molar-refractivity contribution in [3.63, 3.8) is 0 Å². The molecule has 2 aromatic rings. The Labute approximate surface area is 95.9 Å². The Bertz CT molecular complexity index is 547. The molecule has 17 heavy (non-hydrogen) atoms. The van der Waals surface area contributed by atoms with Crippen molar-refractivity contribution in [1.29, 1.82) is 0 Å². The van der Waals surface area contributed by atoms with E-state index in [1.165, 1.54) is 24.7 Å². The number of carbonyl (C=O) groups excluding carboxylic acids is 1. The van der Waals surface area contributed by atoms with E-state index < -0.39 is 0 Å². The molecule has 0 aliphatic carbocycles. The predicted molar refractivity (Wildman–Crippen MR) is 57.4 cm³/mol. The summed E-state index contributed by atoms with van der Waals surface area (Å²) in [5.74, 6) is 0.218. The van der Waals surface area contributed by atoms with Gasteiger partial charge in [0.1, 0.15) is 0 Å². The second-order valence-corrected chi connectivity index (χ2v) is 3.29. The van der Waals surface area contributed by atoms with E-state index in [4.69, 9.17) is 0 Å². The normalized spacial score (nSPS) is 10.1. The number of hydrogen-bond acceptors (Lipinski definition) is 5. The van der Waals surface area contributed by atoms with E-state index in [1.807, 2.05) is 0 Å². The number of rotatable bonds is 4. The lowest BCUT2D eigenvalue weighted by Crippen LogP contribution is -2.27. The first-order valence-corrected chi connectivity index (χ1v) is 4.98. The van der Waals surface area contributed by atoms with Crippen LogP contribution in [0.1, 0.15) is 16.2 Å². The number of aromatic nitrogens is 3. The molecule has 2 rings (SSSR count). The second kappa shape index (κ2) is 5.06. The number of nitrogens with zero attached hydrogens (tertiary/aromatic N) is 2. The van der Waals surface area contributed by atoms with Crippen molar-refractivity contribution in [1.82, 2.24) is 20.4 Å². The highest BCUT2D eigenvalue weighted by Crippen LogP contribution is 1.93. The number of nitrogens with one attached hydrogen (secondary N) is 2. The van der Waals surface area contributed by atoms with Crippen molar-refractivity contribution in [2.75, 3.05) is 6.54 Å². The van der Waals surface area contributed by atoms with E-state index in [9.17, 15) is 9.59 Å². The van der Waals surface area contributed by atoms with Crippen LogP contribution in [0.25, 0.3) is 0 Å². The molecule has 0 radical (unpaired) electrons. The average Bonchev–Trinajstić information content (AvgIpc) is 2.82. The zero-order valence-corrected chi connectivity index (χ0v) is 8.84. The fraction of sp³-hybridized carbons (Fsp3) is 0.200. The quantitative estimate of drug-likeness (QED) is 0.758. The van der Waals surface area contributed by atoms with Gasteiger partial charge < -0.3 is 14.8 Å². The van der Waals surface area contributed by atoms with Gasteiger partial charge in [0.15, 0.2) is 5.82 Å². The highest BCUT2D eigenvalue weighted by molar-refractivity contribution is 5.93. The van der Waals surface area contributed by atoms with E-state index in [2.05, 4.69) is 25.0 Å². The van der Waals surface area contributed by atoms with Gasteiger partial charge in [-0.15, -0.1) is 0 Å². The molecule has 2 aromatic heterocycles. The van der Waals surface area contributed by atoms with Gasteiger partial charge in [-0.1, -0.05) is 5.16 Å². The molecule has 7 heteroatoms. The number of hydrogen-bond donors (Lipinski definition) is 2. The van der Waals surface area contributed by atoms with Crippen molar-refractivity contribution < 1.29 is 9.32 Å². The lowest BCUT2D eigenvalue weighted by atomic mass is 10.2. The first-order valence-electron chi connectivity index (χ1n) is 4.98. The monoisotopic (exact) mass is 234 g/mol. The Kier molecular flexibility index (Phi) is 3.29. The summed E-state index contributed by atoms with van der Waals surface area (Å²) >= 11 is 0. The summed E-state index contributed by atoms with van der Waals surface area (Å²) in [6, 6.07) is 2.77. The molecule has 0 unspecified atom stereocenters. The van der Waals surface area contributed by atoms with Crippen LogP contribution in [0.15, 0.2) is 34.0 Å². The standard InChI is InChI=1S/C10H10N4O3/c15-9-5-7(1-3-11-9)10(16)12-4-2-8-13-6-17-14-8/h1,3,5-6H,2,4H2,(H,11,15)(H,12,16). The van der Waals surface area contributed by atoms with Gasteiger partial charge >= 0.3 is 0 Å². The SMILES string of the molecule is O=C(NCCc1ncon1)c1cc[nH]c(=O)c1. The Balaban J connectivity index is 1.87. The molecule has 1 amide bonds. The largest absolute Gasteiger partial charge is 0.352 e. The summed E-state index contributed by atoms with van der Waals surface area (Å²) in [4.78, 5) is 28.8. The fourth-order valence-corrected chi connectivity index (χ4v) is 1.28. The smallest absolute Gasteiger partial charge is 0.251 e. The van der Waals surface area contributed by atoms with Gasteiger partial charge in [0, 0.05) is 30.8 Å². The van der Waals surface area contributed by atoms with E-state index in [1.54, 1.807) is 0 Å². The maximum atomic E-state index is 11.6. The van der Waals surface area contributed by atoms with Gasteiger partial charge in [-0.05, 0) is 6.07 Å². The summed E-state index contributed by atoms with van der Waals surface area (Å²) in [5, 5.41) is 6.26. The van der Waals surface area contributed by atoms with Crippen molar-refractivity contribution in [3.05, 3.63) is 46.5 Å². The second-order valence-electron chi connectivity index (χ2n) is 3.29. The molecule has 0 saturated heterocycles. The molecule has 2 heterocycles. The fourth-order valence-electron chi connectivity index (χ4n) is 1.28. The Morgan fingerprint density at radius 3 is 3.12 bits per heavy atom. The molecule has 0 spiro atoms. The first-order chi connectivity index (χ1) is 8.25. The highest BCUT2D eigenvalue weighted by Gasteiger charge is 2.05. The van der Waals surface area contributed by atoms with Crippen LogP contribution in [0, 0.1) is 0 Å². The minimum atomic E-state index is -0.309. The van der Waals surface area contributed by atoms with Crippen LogP contribution in [0.5, 0.6) is 0 Å². The highest BCUT2D eigenvalue weighted by atomic mass is 16.5. The minimum Gasteiger partial charge on any atom is -0.352 e. The zero-order chi connectivity index (χ0) is 12.1. The number of H-pyrrole nitrogens is 1. The van der Waals surface area contributed by atoms with Gasteiger partial charge in [0.25, 0.3) is 5.91 Å². The van der Waals surface area contributed by atoms with Crippen LogP contribution in [0.2, 0.25) is 0 Å². The van der Waals surface area contributed by atoms with Gasteiger partial charge in [-0.25, -0.2) is 0 Å². The van der Waals surface area contributed by atoms with Gasteiger partial charge in [-0.3, -0.25) is 9.59 Å². The molecule has 0 aromatic carbocycles. The summed E-state index contributed by atoms with van der Waals surface area (Å²) in [6.07, 6.45) is 3.13. The molecule has 0 aliphatic heterocycles. The van der Waals surface area contributed by atoms with Crippen LogP contribution in [0.4, 0.5) is 0 Å². The van der Waals surface area contributed by atoms with Gasteiger partial charge in [0.2, 0.25) is 12.0 Å². The molecular weight excluding hydrogens is 224 g/mol. The maximum Gasteiger partial charge on any atom is 0.251 e. The van der Waals surface area contributed by atoms with Crippen LogP contribution < -0.4 is 10.9 Å². The Morgan fingerprint density at radius 2 is 2.41 bits per heavy atom. The summed E-state index contributed by atoms with van der Waals surface area (Å²) in [6.45, 7) is 0.380. The third kappa shape index (κ3) is 3.00. The third-order valence-corrected chi connectivity index (χ3v) is 2.08. The van der Waals surface area contributed by atoms with Crippen molar-refractivity contribution in [2.24, 2.45) is 0 Å². The van der Waals surface area contributed by atoms with Crippen LogP contribution in [0.3, 0.4) is 0 Å².